The molecule has 8 nitrogen and oxygen atoms in total. The average molecular weight is 470 g/mol. The van der Waals surface area contributed by atoms with Crippen molar-refractivity contribution in [3.63, 3.8) is 0 Å². The van der Waals surface area contributed by atoms with Crippen LogP contribution in [0.4, 0.5) is 5.13 Å². The first-order valence-electron chi connectivity index (χ1n) is 10.3. The van der Waals surface area contributed by atoms with Crippen molar-refractivity contribution in [3.05, 3.63) is 53.4 Å². The molecular weight excluding hydrogens is 442 g/mol. The van der Waals surface area contributed by atoms with E-state index in [2.05, 4.69) is 15.6 Å². The van der Waals surface area contributed by atoms with Gasteiger partial charge in [0.2, 0.25) is 5.91 Å². The fourth-order valence-corrected chi connectivity index (χ4v) is 3.83. The van der Waals surface area contributed by atoms with Gasteiger partial charge in [-0.1, -0.05) is 13.8 Å². The molecule has 0 fully saturated rings. The van der Waals surface area contributed by atoms with Crippen LogP contribution < -0.4 is 24.8 Å². The average Bonchev–Trinajstić information content (AvgIpc) is 3.29. The lowest BCUT2D eigenvalue weighted by Crippen LogP contribution is -2.47. The van der Waals surface area contributed by atoms with Crippen molar-refractivity contribution < 1.29 is 23.8 Å². The summed E-state index contributed by atoms with van der Waals surface area (Å²) in [6.45, 7) is 3.72. The molecule has 3 rings (SSSR count). The Morgan fingerprint density at radius 3 is 2.06 bits per heavy atom. The van der Waals surface area contributed by atoms with Crippen LogP contribution in [0.25, 0.3) is 11.3 Å². The molecule has 1 atom stereocenters. The molecule has 0 saturated heterocycles. The van der Waals surface area contributed by atoms with E-state index in [1.807, 2.05) is 43.5 Å². The highest BCUT2D eigenvalue weighted by molar-refractivity contribution is 7.14. The van der Waals surface area contributed by atoms with Gasteiger partial charge >= 0.3 is 0 Å². The number of anilines is 1. The number of rotatable bonds is 9. The Hall–Kier alpha value is -3.59. The predicted octanol–water partition coefficient (Wildman–Crippen LogP) is 4.23. The van der Waals surface area contributed by atoms with Gasteiger partial charge in [-0.05, 0) is 42.3 Å². The molecule has 0 bridgehead atoms. The first kappa shape index (κ1) is 24.1. The third-order valence-corrected chi connectivity index (χ3v) is 5.73. The Kier molecular flexibility index (Phi) is 7.89. The van der Waals surface area contributed by atoms with Crippen LogP contribution in [0.5, 0.6) is 17.2 Å². The number of carbonyl (C=O) groups excluding carboxylic acids is 2. The van der Waals surface area contributed by atoms with Crippen LogP contribution in [0.3, 0.4) is 0 Å². The molecule has 0 aliphatic heterocycles. The molecule has 0 saturated carbocycles. The molecule has 1 aromatic heterocycles. The fraction of sp³-hybridized carbons (Fsp3) is 0.292. The summed E-state index contributed by atoms with van der Waals surface area (Å²) in [7, 11) is 4.63. The van der Waals surface area contributed by atoms with E-state index in [-0.39, 0.29) is 11.8 Å². The van der Waals surface area contributed by atoms with Crippen molar-refractivity contribution in [2.24, 2.45) is 5.92 Å². The zero-order valence-electron chi connectivity index (χ0n) is 19.2. The zero-order valence-corrected chi connectivity index (χ0v) is 20.0. The normalized spacial score (nSPS) is 11.6. The molecule has 1 heterocycles. The summed E-state index contributed by atoms with van der Waals surface area (Å²) >= 11 is 1.32. The first-order chi connectivity index (χ1) is 15.8. The lowest BCUT2D eigenvalue weighted by Gasteiger charge is -2.21. The largest absolute Gasteiger partial charge is 0.497 e. The molecule has 2 N–H and O–H groups in total. The highest BCUT2D eigenvalue weighted by Gasteiger charge is 2.26. The molecule has 2 aromatic carbocycles. The van der Waals surface area contributed by atoms with Gasteiger partial charge in [0.1, 0.15) is 23.3 Å². The summed E-state index contributed by atoms with van der Waals surface area (Å²) in [5, 5.41) is 7.94. The Balaban J connectivity index is 1.72. The second kappa shape index (κ2) is 10.8. The second-order valence-electron chi connectivity index (χ2n) is 7.55. The molecule has 9 heteroatoms. The summed E-state index contributed by atoms with van der Waals surface area (Å²) in [6, 6.07) is 11.6. The van der Waals surface area contributed by atoms with Crippen molar-refractivity contribution >= 4 is 28.3 Å². The maximum Gasteiger partial charge on any atom is 0.252 e. The molecule has 3 aromatic rings. The molecule has 0 aliphatic carbocycles. The topological polar surface area (TPSA) is 98.8 Å². The number of ether oxygens (including phenoxy) is 3. The maximum absolute atomic E-state index is 13.0. The van der Waals surface area contributed by atoms with Gasteiger partial charge in [0.05, 0.1) is 27.0 Å². The first-order valence-corrected chi connectivity index (χ1v) is 11.2. The Bertz CT molecular complexity index is 1090. The van der Waals surface area contributed by atoms with Gasteiger partial charge in [0, 0.05) is 22.6 Å². The minimum Gasteiger partial charge on any atom is -0.497 e. The number of hydrogen-bond donors (Lipinski definition) is 2. The third kappa shape index (κ3) is 6.01. The predicted molar refractivity (Wildman–Crippen MR) is 128 cm³/mol. The number of methoxy groups -OCH3 is 3. The van der Waals surface area contributed by atoms with Crippen LogP contribution >= 0.6 is 11.3 Å². The van der Waals surface area contributed by atoms with Gasteiger partial charge in [0.25, 0.3) is 5.91 Å². The van der Waals surface area contributed by atoms with Gasteiger partial charge in [-0.2, -0.15) is 0 Å². The molecule has 1 unspecified atom stereocenters. The third-order valence-electron chi connectivity index (χ3n) is 4.97. The van der Waals surface area contributed by atoms with E-state index in [4.69, 9.17) is 14.2 Å². The number of aromatic nitrogens is 1. The van der Waals surface area contributed by atoms with Crippen molar-refractivity contribution in [3.8, 4) is 28.5 Å². The van der Waals surface area contributed by atoms with E-state index in [0.717, 1.165) is 17.0 Å². The van der Waals surface area contributed by atoms with E-state index >= 15 is 0 Å². The van der Waals surface area contributed by atoms with Crippen molar-refractivity contribution in [2.45, 2.75) is 19.9 Å². The quantitative estimate of drug-likeness (QED) is 0.487. The van der Waals surface area contributed by atoms with Gasteiger partial charge in [-0.25, -0.2) is 4.98 Å². The van der Waals surface area contributed by atoms with E-state index in [9.17, 15) is 9.59 Å². The van der Waals surface area contributed by atoms with Gasteiger partial charge < -0.3 is 24.8 Å². The van der Waals surface area contributed by atoms with E-state index in [0.29, 0.717) is 22.2 Å². The summed E-state index contributed by atoms with van der Waals surface area (Å²) in [5.41, 5.74) is 1.99. The lowest BCUT2D eigenvalue weighted by molar-refractivity contribution is -0.118. The number of nitrogens with one attached hydrogen (secondary N) is 2. The Labute approximate surface area is 196 Å². The van der Waals surface area contributed by atoms with Crippen LogP contribution in [-0.4, -0.2) is 44.2 Å². The summed E-state index contributed by atoms with van der Waals surface area (Å²) in [5.74, 6) is 0.829. The van der Waals surface area contributed by atoms with Gasteiger partial charge in [-0.3, -0.25) is 9.59 Å². The molecule has 2 amide bonds. The molecule has 0 aliphatic rings. The van der Waals surface area contributed by atoms with Crippen molar-refractivity contribution in [1.29, 1.82) is 0 Å². The van der Waals surface area contributed by atoms with Crippen LogP contribution in [0.15, 0.2) is 47.8 Å². The molecule has 0 spiro atoms. The highest BCUT2D eigenvalue weighted by atomic mass is 32.1. The molecular formula is C24H27N3O5S. The summed E-state index contributed by atoms with van der Waals surface area (Å²) in [6.07, 6.45) is 0. The number of amides is 2. The standard InChI is InChI=1S/C24H27N3O5S/c1-14(2)21(26-22(28)16-10-18(31-4)12-19(11-16)32-5)23(29)27-24-25-20(13-33-24)15-6-8-17(30-3)9-7-15/h6-14,21H,1-5H3,(H,26,28)(H,25,27,29). The molecule has 174 valence electrons. The molecule has 0 radical (unpaired) electrons. The fourth-order valence-electron chi connectivity index (χ4n) is 3.11. The summed E-state index contributed by atoms with van der Waals surface area (Å²) in [4.78, 5) is 30.3. The van der Waals surface area contributed by atoms with Crippen LogP contribution in [0.2, 0.25) is 0 Å². The number of nitrogens with zero attached hydrogens (tertiary/aromatic N) is 1. The second-order valence-corrected chi connectivity index (χ2v) is 8.41. The Morgan fingerprint density at radius 1 is 0.909 bits per heavy atom. The van der Waals surface area contributed by atoms with Crippen LogP contribution in [0.1, 0.15) is 24.2 Å². The monoisotopic (exact) mass is 469 g/mol. The number of hydrogen-bond acceptors (Lipinski definition) is 7. The minimum absolute atomic E-state index is 0.150. The van der Waals surface area contributed by atoms with E-state index < -0.39 is 11.9 Å². The lowest BCUT2D eigenvalue weighted by atomic mass is 10.0. The van der Waals surface area contributed by atoms with Crippen molar-refractivity contribution in [1.82, 2.24) is 10.3 Å². The number of carbonyl (C=O) groups is 2. The SMILES string of the molecule is COc1ccc(-c2csc(NC(=O)C(NC(=O)c3cc(OC)cc(OC)c3)C(C)C)n2)cc1. The zero-order chi connectivity index (χ0) is 24.0. The minimum atomic E-state index is -0.761. The Morgan fingerprint density at radius 2 is 1.52 bits per heavy atom. The highest BCUT2D eigenvalue weighted by Crippen LogP contribution is 2.27. The smallest absolute Gasteiger partial charge is 0.252 e. The maximum atomic E-state index is 13.0. The van der Waals surface area contributed by atoms with Gasteiger partial charge in [-0.15, -0.1) is 11.3 Å². The number of benzene rings is 2. The van der Waals surface area contributed by atoms with Crippen LogP contribution in [-0.2, 0) is 4.79 Å². The van der Waals surface area contributed by atoms with E-state index in [1.54, 1.807) is 25.3 Å². The van der Waals surface area contributed by atoms with Crippen molar-refractivity contribution in [2.75, 3.05) is 26.6 Å². The van der Waals surface area contributed by atoms with Crippen LogP contribution in [0, 0.1) is 5.92 Å². The van der Waals surface area contributed by atoms with Gasteiger partial charge in [0.15, 0.2) is 5.13 Å². The number of thiazole rings is 1. The summed E-state index contributed by atoms with van der Waals surface area (Å²) < 4.78 is 15.6. The van der Waals surface area contributed by atoms with E-state index in [1.165, 1.54) is 25.6 Å². The molecule has 33 heavy (non-hydrogen) atoms.